The molecular weight excluding hydrogens is 296 g/mol. The van der Waals surface area contributed by atoms with Gasteiger partial charge < -0.3 is 9.64 Å². The highest BCUT2D eigenvalue weighted by Crippen LogP contribution is 2.19. The zero-order chi connectivity index (χ0) is 15.9. The van der Waals surface area contributed by atoms with Gasteiger partial charge in [-0.1, -0.05) is 18.2 Å². The molecule has 1 aromatic heterocycles. The summed E-state index contributed by atoms with van der Waals surface area (Å²) in [4.78, 5) is 18.4. The summed E-state index contributed by atoms with van der Waals surface area (Å²) in [6.45, 7) is 6.31. The lowest BCUT2D eigenvalue weighted by molar-refractivity contribution is 0.0606. The van der Waals surface area contributed by atoms with Crippen LogP contribution in [0.1, 0.15) is 34.1 Å². The molecule has 0 atom stereocenters. The predicted octanol–water partition coefficient (Wildman–Crippen LogP) is 3.95. The molecule has 0 radical (unpaired) electrons. The van der Waals surface area contributed by atoms with Crippen molar-refractivity contribution in [3.8, 4) is 0 Å². The second kappa shape index (κ2) is 7.75. The minimum absolute atomic E-state index is 0.347. The van der Waals surface area contributed by atoms with Crippen LogP contribution in [0.5, 0.6) is 0 Å². The molecule has 0 aliphatic carbocycles. The molecule has 2 rings (SSSR count). The van der Waals surface area contributed by atoms with Crippen molar-refractivity contribution < 1.29 is 9.53 Å². The lowest BCUT2D eigenvalue weighted by Gasteiger charge is -2.20. The maximum Gasteiger partial charge on any atom is 0.349 e. The van der Waals surface area contributed by atoms with Crippen molar-refractivity contribution in [2.24, 2.45) is 0 Å². The van der Waals surface area contributed by atoms with E-state index in [1.54, 1.807) is 6.20 Å². The van der Waals surface area contributed by atoms with E-state index < -0.39 is 0 Å². The lowest BCUT2D eigenvalue weighted by atomic mass is 10.2. The minimum atomic E-state index is -0.347. The number of aromatic nitrogens is 1. The van der Waals surface area contributed by atoms with Gasteiger partial charge >= 0.3 is 5.97 Å². The second-order valence-corrected chi connectivity index (χ2v) is 5.71. The normalized spacial score (nSPS) is 10.9. The van der Waals surface area contributed by atoms with Crippen LogP contribution >= 0.6 is 11.3 Å². The summed E-state index contributed by atoms with van der Waals surface area (Å²) in [5, 5.41) is 0.785. The summed E-state index contributed by atoms with van der Waals surface area (Å²) in [5.41, 5.74) is 2.33. The molecule has 0 N–H and O–H groups in total. The van der Waals surface area contributed by atoms with Gasteiger partial charge in [-0.15, -0.1) is 11.3 Å². The van der Waals surface area contributed by atoms with Gasteiger partial charge in [0.1, 0.15) is 9.88 Å². The molecule has 0 saturated heterocycles. The molecular formula is C17H20N2O2S. The molecule has 0 amide bonds. The number of rotatable bonds is 6. The molecule has 1 aromatic carbocycles. The molecule has 0 fully saturated rings. The highest BCUT2D eigenvalue weighted by Gasteiger charge is 2.08. The molecule has 2 aromatic rings. The van der Waals surface area contributed by atoms with Gasteiger partial charge in [0.2, 0.25) is 0 Å². The van der Waals surface area contributed by atoms with E-state index >= 15 is 0 Å². The Morgan fingerprint density at radius 3 is 2.50 bits per heavy atom. The van der Waals surface area contributed by atoms with Crippen molar-refractivity contribution in [1.82, 2.24) is 4.98 Å². The fourth-order valence-electron chi connectivity index (χ4n) is 2.11. The summed E-state index contributed by atoms with van der Waals surface area (Å²) in [6.07, 6.45) is 5.44. The Kier molecular flexibility index (Phi) is 5.72. The third kappa shape index (κ3) is 3.95. The summed E-state index contributed by atoms with van der Waals surface area (Å²) >= 11 is 1.32. The molecule has 0 saturated carbocycles. The minimum Gasteiger partial charge on any atom is -0.465 e. The molecule has 0 unspecified atom stereocenters. The Morgan fingerprint density at radius 2 is 1.91 bits per heavy atom. The molecule has 5 heteroatoms. The maximum absolute atomic E-state index is 11.4. The summed E-state index contributed by atoms with van der Waals surface area (Å²) in [5.74, 6) is -0.347. The fourth-order valence-corrected chi connectivity index (χ4v) is 2.85. The molecule has 0 bridgehead atoms. The summed E-state index contributed by atoms with van der Waals surface area (Å²) < 4.78 is 4.67. The first-order valence-electron chi connectivity index (χ1n) is 7.25. The van der Waals surface area contributed by atoms with Crippen molar-refractivity contribution in [2.45, 2.75) is 13.8 Å². The third-order valence-corrected chi connectivity index (χ3v) is 4.29. The van der Waals surface area contributed by atoms with Crippen molar-refractivity contribution in [3.05, 3.63) is 45.9 Å². The first-order chi connectivity index (χ1) is 10.7. The predicted molar refractivity (Wildman–Crippen MR) is 92.4 cm³/mol. The largest absolute Gasteiger partial charge is 0.465 e. The zero-order valence-electron chi connectivity index (χ0n) is 13.1. The smallest absolute Gasteiger partial charge is 0.349 e. The maximum atomic E-state index is 11.4. The Balaban J connectivity index is 2.07. The van der Waals surface area contributed by atoms with E-state index in [2.05, 4.69) is 52.7 Å². The van der Waals surface area contributed by atoms with E-state index in [-0.39, 0.29) is 5.97 Å². The average Bonchev–Trinajstić information content (AvgIpc) is 3.03. The van der Waals surface area contributed by atoms with Crippen LogP contribution in [0, 0.1) is 0 Å². The number of anilines is 1. The van der Waals surface area contributed by atoms with Crippen LogP contribution in [0.25, 0.3) is 12.2 Å². The quantitative estimate of drug-likeness (QED) is 0.757. The standard InChI is InChI=1S/C17H20N2O2S/c1-4-19(5-2)14-9-6-13(7-10-14)8-11-16-18-12-15(22-16)17(20)21-3/h6-12H,4-5H2,1-3H3. The first kappa shape index (κ1) is 16.2. The number of nitrogens with zero attached hydrogens (tertiary/aromatic N) is 2. The number of esters is 1. The van der Waals surface area contributed by atoms with E-state index in [1.165, 1.54) is 24.1 Å². The number of carbonyl (C=O) groups is 1. The van der Waals surface area contributed by atoms with Gasteiger partial charge in [-0.25, -0.2) is 9.78 Å². The van der Waals surface area contributed by atoms with Crippen LogP contribution in [-0.4, -0.2) is 31.2 Å². The van der Waals surface area contributed by atoms with Crippen LogP contribution in [-0.2, 0) is 4.74 Å². The molecule has 116 valence electrons. The molecule has 0 aliphatic heterocycles. The zero-order valence-corrected chi connectivity index (χ0v) is 13.9. The SMILES string of the molecule is CCN(CC)c1ccc(C=Cc2ncc(C(=O)OC)s2)cc1. The Morgan fingerprint density at radius 1 is 1.23 bits per heavy atom. The van der Waals surface area contributed by atoms with E-state index in [0.29, 0.717) is 4.88 Å². The number of thiazole rings is 1. The van der Waals surface area contributed by atoms with Gasteiger partial charge in [0, 0.05) is 18.8 Å². The number of ether oxygens (including phenoxy) is 1. The highest BCUT2D eigenvalue weighted by atomic mass is 32.1. The first-order valence-corrected chi connectivity index (χ1v) is 8.06. The lowest BCUT2D eigenvalue weighted by Crippen LogP contribution is -2.21. The molecule has 22 heavy (non-hydrogen) atoms. The summed E-state index contributed by atoms with van der Waals surface area (Å²) in [6, 6.07) is 8.40. The topological polar surface area (TPSA) is 42.4 Å². The fraction of sp³-hybridized carbons (Fsp3) is 0.294. The number of hydrogen-bond acceptors (Lipinski definition) is 5. The Hall–Kier alpha value is -2.14. The third-order valence-electron chi connectivity index (χ3n) is 3.35. The molecule has 1 heterocycles. The van der Waals surface area contributed by atoms with Gasteiger partial charge in [-0.2, -0.15) is 0 Å². The second-order valence-electron chi connectivity index (χ2n) is 4.65. The van der Waals surface area contributed by atoms with Crippen LogP contribution in [0.2, 0.25) is 0 Å². The van der Waals surface area contributed by atoms with E-state index in [1.807, 2.05) is 12.2 Å². The Labute approximate surface area is 135 Å². The molecule has 4 nitrogen and oxygen atoms in total. The van der Waals surface area contributed by atoms with Crippen LogP contribution in [0.4, 0.5) is 5.69 Å². The average molecular weight is 316 g/mol. The Bertz CT molecular complexity index is 643. The van der Waals surface area contributed by atoms with Crippen LogP contribution in [0.3, 0.4) is 0 Å². The number of carbonyl (C=O) groups excluding carboxylic acids is 1. The number of hydrogen-bond donors (Lipinski definition) is 0. The number of benzene rings is 1. The van der Waals surface area contributed by atoms with E-state index in [4.69, 9.17) is 0 Å². The van der Waals surface area contributed by atoms with Crippen molar-refractivity contribution in [1.29, 1.82) is 0 Å². The van der Waals surface area contributed by atoms with Gasteiger partial charge in [0.05, 0.1) is 13.3 Å². The van der Waals surface area contributed by atoms with Crippen molar-refractivity contribution in [3.63, 3.8) is 0 Å². The number of methoxy groups -OCH3 is 1. The highest BCUT2D eigenvalue weighted by molar-refractivity contribution is 7.14. The molecule has 0 spiro atoms. The molecule has 0 aliphatic rings. The van der Waals surface area contributed by atoms with Crippen molar-refractivity contribution in [2.75, 3.05) is 25.1 Å². The van der Waals surface area contributed by atoms with Gasteiger partial charge in [-0.05, 0) is 37.6 Å². The van der Waals surface area contributed by atoms with Crippen molar-refractivity contribution >= 4 is 35.1 Å². The summed E-state index contributed by atoms with van der Waals surface area (Å²) in [7, 11) is 1.37. The van der Waals surface area contributed by atoms with Gasteiger partial charge in [-0.3, -0.25) is 0 Å². The van der Waals surface area contributed by atoms with Crippen LogP contribution < -0.4 is 4.90 Å². The van der Waals surface area contributed by atoms with Crippen LogP contribution in [0.15, 0.2) is 30.5 Å². The van der Waals surface area contributed by atoms with Gasteiger partial charge in [0.15, 0.2) is 0 Å². The van der Waals surface area contributed by atoms with Gasteiger partial charge in [0.25, 0.3) is 0 Å². The van der Waals surface area contributed by atoms with E-state index in [9.17, 15) is 4.79 Å². The monoisotopic (exact) mass is 316 g/mol. The van der Waals surface area contributed by atoms with E-state index in [0.717, 1.165) is 23.7 Å².